The molecule has 25 heavy (non-hydrogen) atoms. The van der Waals surface area contributed by atoms with E-state index in [2.05, 4.69) is 9.88 Å². The summed E-state index contributed by atoms with van der Waals surface area (Å²) < 4.78 is 11.5. The molecule has 0 spiro atoms. The summed E-state index contributed by atoms with van der Waals surface area (Å²) in [4.78, 5) is 21.3. The Kier molecular flexibility index (Phi) is 4.55. The molecule has 2 aliphatic rings. The van der Waals surface area contributed by atoms with Crippen LogP contribution in [-0.2, 0) is 11.3 Å². The van der Waals surface area contributed by atoms with Gasteiger partial charge in [0.2, 0.25) is 0 Å². The van der Waals surface area contributed by atoms with E-state index < -0.39 is 0 Å². The Balaban J connectivity index is 1.42. The number of hydrogen-bond acceptors (Lipinski definition) is 5. The summed E-state index contributed by atoms with van der Waals surface area (Å²) >= 11 is 0. The second-order valence-electron chi connectivity index (χ2n) is 6.86. The monoisotopic (exact) mass is 341 g/mol. The molecule has 1 amide bonds. The minimum absolute atomic E-state index is 0.00189. The topological polar surface area (TPSA) is 58.8 Å². The van der Waals surface area contributed by atoms with Crippen molar-refractivity contribution in [2.45, 2.75) is 19.6 Å². The van der Waals surface area contributed by atoms with Crippen molar-refractivity contribution in [1.29, 1.82) is 0 Å². The lowest BCUT2D eigenvalue weighted by atomic mass is 10.1. The lowest BCUT2D eigenvalue weighted by molar-refractivity contribution is 0.0481. The molecular formula is C19H23N3O3. The van der Waals surface area contributed by atoms with E-state index in [0.717, 1.165) is 31.1 Å². The van der Waals surface area contributed by atoms with Crippen LogP contribution >= 0.6 is 0 Å². The summed E-state index contributed by atoms with van der Waals surface area (Å²) in [5, 5.41) is 0. The highest BCUT2D eigenvalue weighted by Crippen LogP contribution is 2.25. The van der Waals surface area contributed by atoms with Crippen LogP contribution in [0.15, 0.2) is 41.0 Å². The lowest BCUT2D eigenvalue weighted by Gasteiger charge is -2.22. The molecule has 6 nitrogen and oxygen atoms in total. The molecule has 6 heteroatoms. The molecule has 2 aromatic rings. The molecular weight excluding hydrogens is 318 g/mol. The molecule has 132 valence electrons. The molecule has 0 bridgehead atoms. The van der Waals surface area contributed by atoms with Gasteiger partial charge in [-0.3, -0.25) is 9.69 Å². The van der Waals surface area contributed by atoms with Crippen molar-refractivity contribution in [3.63, 3.8) is 0 Å². The minimum Gasteiger partial charge on any atom is -0.468 e. The first-order chi connectivity index (χ1) is 12.2. The lowest BCUT2D eigenvalue weighted by Crippen LogP contribution is -2.34. The first kappa shape index (κ1) is 16.3. The number of nitrogens with zero attached hydrogens (tertiary/aromatic N) is 3. The SMILES string of the molecule is Cc1cccc(C(=O)N2C[C@H]3CN(Cc4ccco4)CCO[C@H]3C2)n1. The molecule has 2 fully saturated rings. The Morgan fingerprint density at radius 2 is 2.16 bits per heavy atom. The molecule has 2 saturated heterocycles. The second kappa shape index (κ2) is 6.98. The van der Waals surface area contributed by atoms with Gasteiger partial charge in [-0.15, -0.1) is 0 Å². The van der Waals surface area contributed by atoms with Crippen LogP contribution in [0.2, 0.25) is 0 Å². The van der Waals surface area contributed by atoms with Crippen LogP contribution in [0.4, 0.5) is 0 Å². The zero-order valence-electron chi connectivity index (χ0n) is 14.4. The van der Waals surface area contributed by atoms with E-state index in [-0.39, 0.29) is 12.0 Å². The van der Waals surface area contributed by atoms with Crippen molar-refractivity contribution in [3.05, 3.63) is 53.7 Å². The Morgan fingerprint density at radius 3 is 2.96 bits per heavy atom. The number of rotatable bonds is 3. The highest BCUT2D eigenvalue weighted by atomic mass is 16.5. The van der Waals surface area contributed by atoms with Crippen molar-refractivity contribution in [3.8, 4) is 0 Å². The standard InChI is InChI=1S/C19H23N3O3/c1-14-4-2-6-17(20-14)19(23)22-11-15-10-21(7-9-25-18(15)13-22)12-16-5-3-8-24-16/h2-6,8,15,18H,7,9-13H2,1H3/t15-,18+/m1/s1. The van der Waals surface area contributed by atoms with Crippen LogP contribution in [0.25, 0.3) is 0 Å². The fraction of sp³-hybridized carbons (Fsp3) is 0.474. The number of aryl methyl sites for hydroxylation is 1. The Morgan fingerprint density at radius 1 is 1.24 bits per heavy atom. The zero-order valence-corrected chi connectivity index (χ0v) is 14.4. The van der Waals surface area contributed by atoms with E-state index in [4.69, 9.17) is 9.15 Å². The normalized spacial score (nSPS) is 24.1. The first-order valence-corrected chi connectivity index (χ1v) is 8.78. The molecule has 0 saturated carbocycles. The summed E-state index contributed by atoms with van der Waals surface area (Å²) in [5.74, 6) is 1.29. The third-order valence-corrected chi connectivity index (χ3v) is 4.97. The van der Waals surface area contributed by atoms with E-state index in [1.165, 1.54) is 0 Å². The molecule has 0 aromatic carbocycles. The quantitative estimate of drug-likeness (QED) is 0.854. The van der Waals surface area contributed by atoms with Gasteiger partial charge in [0.25, 0.3) is 5.91 Å². The van der Waals surface area contributed by atoms with Crippen molar-refractivity contribution >= 4 is 5.91 Å². The number of amides is 1. The van der Waals surface area contributed by atoms with Gasteiger partial charge >= 0.3 is 0 Å². The van der Waals surface area contributed by atoms with Gasteiger partial charge in [-0.1, -0.05) is 6.07 Å². The zero-order chi connectivity index (χ0) is 17.2. The summed E-state index contributed by atoms with van der Waals surface area (Å²) in [6.07, 6.45) is 1.81. The summed E-state index contributed by atoms with van der Waals surface area (Å²) in [7, 11) is 0. The predicted molar refractivity (Wildman–Crippen MR) is 92.1 cm³/mol. The number of pyridine rings is 1. The van der Waals surface area contributed by atoms with Crippen LogP contribution in [-0.4, -0.2) is 59.6 Å². The van der Waals surface area contributed by atoms with Gasteiger partial charge in [-0.2, -0.15) is 0 Å². The Labute approximate surface area is 147 Å². The highest BCUT2D eigenvalue weighted by Gasteiger charge is 2.39. The van der Waals surface area contributed by atoms with Crippen LogP contribution in [0, 0.1) is 12.8 Å². The van der Waals surface area contributed by atoms with Crippen molar-refractivity contribution in [2.24, 2.45) is 5.92 Å². The van der Waals surface area contributed by atoms with E-state index in [1.807, 2.05) is 36.1 Å². The van der Waals surface area contributed by atoms with E-state index in [0.29, 0.717) is 31.3 Å². The van der Waals surface area contributed by atoms with Gasteiger partial charge in [0.05, 0.1) is 25.5 Å². The largest absolute Gasteiger partial charge is 0.468 e. The number of furan rings is 1. The molecule has 0 aliphatic carbocycles. The number of carbonyl (C=O) groups excluding carboxylic acids is 1. The number of hydrogen-bond donors (Lipinski definition) is 0. The van der Waals surface area contributed by atoms with Crippen molar-refractivity contribution < 1.29 is 13.9 Å². The summed E-state index contributed by atoms with van der Waals surface area (Å²) in [5.41, 5.74) is 1.38. The molecule has 4 rings (SSSR count). The molecule has 2 aliphatic heterocycles. The third kappa shape index (κ3) is 3.60. The van der Waals surface area contributed by atoms with Crippen LogP contribution in [0.1, 0.15) is 21.9 Å². The van der Waals surface area contributed by atoms with Gasteiger partial charge in [0, 0.05) is 37.8 Å². The second-order valence-corrected chi connectivity index (χ2v) is 6.86. The van der Waals surface area contributed by atoms with Gasteiger partial charge in [0.15, 0.2) is 0 Å². The van der Waals surface area contributed by atoms with E-state index in [9.17, 15) is 4.79 Å². The first-order valence-electron chi connectivity index (χ1n) is 8.78. The number of ether oxygens (including phenoxy) is 1. The smallest absolute Gasteiger partial charge is 0.272 e. The van der Waals surface area contributed by atoms with Gasteiger partial charge in [-0.25, -0.2) is 4.98 Å². The molecule has 2 aromatic heterocycles. The van der Waals surface area contributed by atoms with Gasteiger partial charge in [-0.05, 0) is 31.2 Å². The number of likely N-dealkylation sites (tertiary alicyclic amines) is 1. The fourth-order valence-electron chi connectivity index (χ4n) is 3.72. The van der Waals surface area contributed by atoms with E-state index in [1.54, 1.807) is 12.3 Å². The van der Waals surface area contributed by atoms with Crippen LogP contribution in [0.3, 0.4) is 0 Å². The van der Waals surface area contributed by atoms with Gasteiger partial charge < -0.3 is 14.1 Å². The maximum Gasteiger partial charge on any atom is 0.272 e. The van der Waals surface area contributed by atoms with E-state index >= 15 is 0 Å². The summed E-state index contributed by atoms with van der Waals surface area (Å²) in [6.45, 7) is 6.54. The Hall–Kier alpha value is -2.18. The number of carbonyl (C=O) groups is 1. The number of fused-ring (bicyclic) bond motifs is 1. The number of aromatic nitrogens is 1. The summed E-state index contributed by atoms with van der Waals surface area (Å²) in [6, 6.07) is 9.48. The predicted octanol–water partition coefficient (Wildman–Crippen LogP) is 1.96. The fourth-order valence-corrected chi connectivity index (χ4v) is 3.72. The average molecular weight is 341 g/mol. The van der Waals surface area contributed by atoms with Crippen molar-refractivity contribution in [2.75, 3.05) is 32.8 Å². The van der Waals surface area contributed by atoms with Crippen molar-refractivity contribution in [1.82, 2.24) is 14.8 Å². The molecule has 4 heterocycles. The third-order valence-electron chi connectivity index (χ3n) is 4.97. The molecule has 2 atom stereocenters. The van der Waals surface area contributed by atoms with Gasteiger partial charge in [0.1, 0.15) is 11.5 Å². The molecule has 0 N–H and O–H groups in total. The Bertz CT molecular complexity index is 731. The molecule has 0 unspecified atom stereocenters. The van der Waals surface area contributed by atoms with Crippen LogP contribution in [0.5, 0.6) is 0 Å². The molecule has 0 radical (unpaired) electrons. The van der Waals surface area contributed by atoms with Crippen LogP contribution < -0.4 is 0 Å². The highest BCUT2D eigenvalue weighted by molar-refractivity contribution is 5.92. The maximum absolute atomic E-state index is 12.7. The minimum atomic E-state index is -0.00189. The average Bonchev–Trinajstić information content (AvgIpc) is 3.21. The maximum atomic E-state index is 12.7.